The number of piperidine rings is 1. The SMILES string of the molecule is COc1ccc(Nc2cc(N3CCCC(C(=O)Nc4ccc5c(c4)C(=O)NC5=O)C3)nn3ccnc23)nc1OC. The van der Waals surface area contributed by atoms with E-state index in [9.17, 15) is 14.4 Å². The molecule has 1 fully saturated rings. The average molecular weight is 543 g/mol. The first-order chi connectivity index (χ1) is 19.4. The summed E-state index contributed by atoms with van der Waals surface area (Å²) in [6.07, 6.45) is 4.92. The quantitative estimate of drug-likeness (QED) is 0.297. The molecule has 0 aliphatic carbocycles. The van der Waals surface area contributed by atoms with Crippen molar-refractivity contribution in [1.82, 2.24) is 24.9 Å². The molecule has 0 radical (unpaired) electrons. The zero-order valence-corrected chi connectivity index (χ0v) is 21.8. The summed E-state index contributed by atoms with van der Waals surface area (Å²) in [7, 11) is 3.07. The number of imidazole rings is 1. The molecule has 3 N–H and O–H groups in total. The van der Waals surface area contributed by atoms with Crippen LogP contribution in [0.4, 0.5) is 23.0 Å². The number of hydrogen-bond acceptors (Lipinski definition) is 10. The van der Waals surface area contributed by atoms with Crippen molar-refractivity contribution >= 4 is 46.4 Å². The van der Waals surface area contributed by atoms with E-state index in [1.165, 1.54) is 13.2 Å². The van der Waals surface area contributed by atoms with E-state index in [2.05, 4.69) is 30.8 Å². The number of benzene rings is 1. The highest BCUT2D eigenvalue weighted by atomic mass is 16.5. The number of pyridine rings is 1. The van der Waals surface area contributed by atoms with Crippen molar-refractivity contribution in [3.8, 4) is 11.6 Å². The van der Waals surface area contributed by atoms with Crippen LogP contribution in [0.1, 0.15) is 33.6 Å². The van der Waals surface area contributed by atoms with Crippen molar-refractivity contribution in [3.05, 3.63) is 59.9 Å². The monoisotopic (exact) mass is 542 g/mol. The summed E-state index contributed by atoms with van der Waals surface area (Å²) >= 11 is 0. The molecule has 1 aromatic carbocycles. The molecule has 3 aromatic heterocycles. The maximum Gasteiger partial charge on any atom is 0.259 e. The molecule has 2 aliphatic rings. The van der Waals surface area contributed by atoms with Gasteiger partial charge in [0.15, 0.2) is 17.2 Å². The highest BCUT2D eigenvalue weighted by Crippen LogP contribution is 2.31. The molecule has 2 aliphatic heterocycles. The number of carbonyl (C=O) groups excluding carboxylic acids is 3. The standard InChI is InChI=1S/C27H26N8O5/c1-39-20-7-8-21(31-27(20)40-2)30-19-13-22(33-35-11-9-28-23(19)35)34-10-3-4-15(14-34)24(36)29-16-5-6-17-18(12-16)26(38)32-25(17)37/h5-9,11-13,15H,3-4,10,14H2,1-2H3,(H,29,36)(H,30,31)(H,32,37,38). The Labute approximate surface area is 228 Å². The fourth-order valence-electron chi connectivity index (χ4n) is 4.98. The van der Waals surface area contributed by atoms with E-state index in [1.807, 2.05) is 6.07 Å². The summed E-state index contributed by atoms with van der Waals surface area (Å²) in [4.78, 5) is 48.0. The Balaban J connectivity index is 1.21. The minimum absolute atomic E-state index is 0.161. The van der Waals surface area contributed by atoms with Gasteiger partial charge in [-0.05, 0) is 43.2 Å². The van der Waals surface area contributed by atoms with Crippen LogP contribution in [0.15, 0.2) is 48.8 Å². The summed E-state index contributed by atoms with van der Waals surface area (Å²) < 4.78 is 12.3. The van der Waals surface area contributed by atoms with E-state index in [-0.39, 0.29) is 17.4 Å². The summed E-state index contributed by atoms with van der Waals surface area (Å²) in [5.74, 6) is 0.726. The van der Waals surface area contributed by atoms with Crippen LogP contribution in [0.25, 0.3) is 5.65 Å². The van der Waals surface area contributed by atoms with Gasteiger partial charge in [-0.25, -0.2) is 9.50 Å². The number of amides is 3. The van der Waals surface area contributed by atoms with Crippen LogP contribution >= 0.6 is 0 Å². The summed E-state index contributed by atoms with van der Waals surface area (Å²) in [5.41, 5.74) is 2.34. The normalized spacial score (nSPS) is 16.4. The highest BCUT2D eigenvalue weighted by molar-refractivity contribution is 6.22. The maximum absolute atomic E-state index is 13.2. The van der Waals surface area contributed by atoms with Gasteiger partial charge in [0.25, 0.3) is 17.7 Å². The lowest BCUT2D eigenvalue weighted by Gasteiger charge is -2.33. The fourth-order valence-corrected chi connectivity index (χ4v) is 4.98. The van der Waals surface area contributed by atoms with E-state index in [1.54, 1.807) is 48.3 Å². The van der Waals surface area contributed by atoms with Crippen LogP contribution in [-0.4, -0.2) is 64.6 Å². The van der Waals surface area contributed by atoms with Crippen LogP contribution < -0.4 is 30.3 Å². The second-order valence-corrected chi connectivity index (χ2v) is 9.46. The van der Waals surface area contributed by atoms with E-state index >= 15 is 0 Å². The van der Waals surface area contributed by atoms with Gasteiger partial charge in [-0.2, -0.15) is 4.98 Å². The number of ether oxygens (including phenoxy) is 2. The lowest BCUT2D eigenvalue weighted by atomic mass is 9.97. The molecule has 1 atom stereocenters. The molecular weight excluding hydrogens is 516 g/mol. The molecule has 4 aromatic rings. The molecule has 13 nitrogen and oxygen atoms in total. The number of carbonyl (C=O) groups is 3. The minimum Gasteiger partial charge on any atom is -0.491 e. The second kappa shape index (κ2) is 10.2. The number of rotatable bonds is 7. The molecule has 3 amide bonds. The molecule has 0 spiro atoms. The Morgan fingerprint density at radius 1 is 1.07 bits per heavy atom. The van der Waals surface area contributed by atoms with Crippen LogP contribution in [0, 0.1) is 5.92 Å². The number of imide groups is 1. The Morgan fingerprint density at radius 2 is 1.93 bits per heavy atom. The number of nitrogens with zero attached hydrogens (tertiary/aromatic N) is 5. The highest BCUT2D eigenvalue weighted by Gasteiger charge is 2.30. The number of hydrogen-bond donors (Lipinski definition) is 3. The van der Waals surface area contributed by atoms with Crippen LogP contribution in [0.5, 0.6) is 11.6 Å². The van der Waals surface area contributed by atoms with Gasteiger partial charge in [-0.15, -0.1) is 5.10 Å². The molecule has 6 rings (SSSR count). The lowest BCUT2D eigenvalue weighted by molar-refractivity contribution is -0.120. The molecule has 5 heterocycles. The summed E-state index contributed by atoms with van der Waals surface area (Å²) in [6, 6.07) is 10.1. The van der Waals surface area contributed by atoms with E-state index < -0.39 is 11.8 Å². The van der Waals surface area contributed by atoms with E-state index in [4.69, 9.17) is 14.6 Å². The molecule has 1 unspecified atom stereocenters. The van der Waals surface area contributed by atoms with Crippen molar-refractivity contribution in [2.24, 2.45) is 5.92 Å². The van der Waals surface area contributed by atoms with Crippen molar-refractivity contribution in [2.75, 3.05) is 42.8 Å². The third kappa shape index (κ3) is 4.61. The first-order valence-corrected chi connectivity index (χ1v) is 12.7. The predicted octanol–water partition coefficient (Wildman–Crippen LogP) is 2.62. The maximum atomic E-state index is 13.2. The summed E-state index contributed by atoms with van der Waals surface area (Å²) in [6.45, 7) is 1.18. The van der Waals surface area contributed by atoms with E-state index in [0.717, 1.165) is 13.0 Å². The summed E-state index contributed by atoms with van der Waals surface area (Å²) in [5, 5.41) is 13.2. The van der Waals surface area contributed by atoms with Gasteiger partial charge in [-0.1, -0.05) is 0 Å². The number of aromatic nitrogens is 4. The Kier molecular flexibility index (Phi) is 6.38. The Hall–Kier alpha value is -5.20. The molecule has 0 bridgehead atoms. The molecule has 1 saturated heterocycles. The van der Waals surface area contributed by atoms with Crippen molar-refractivity contribution in [2.45, 2.75) is 12.8 Å². The lowest BCUT2D eigenvalue weighted by Crippen LogP contribution is -2.41. The average Bonchev–Trinajstić information content (AvgIpc) is 3.56. The van der Waals surface area contributed by atoms with Crippen LogP contribution in [-0.2, 0) is 4.79 Å². The van der Waals surface area contributed by atoms with Gasteiger partial charge in [0.1, 0.15) is 5.82 Å². The van der Waals surface area contributed by atoms with Crippen LogP contribution in [0.3, 0.4) is 0 Å². The van der Waals surface area contributed by atoms with Crippen molar-refractivity contribution < 1.29 is 23.9 Å². The smallest absolute Gasteiger partial charge is 0.259 e. The van der Waals surface area contributed by atoms with Gasteiger partial charge in [0, 0.05) is 37.2 Å². The second-order valence-electron chi connectivity index (χ2n) is 9.46. The van der Waals surface area contributed by atoms with Gasteiger partial charge >= 0.3 is 0 Å². The van der Waals surface area contributed by atoms with Gasteiger partial charge in [0.2, 0.25) is 5.91 Å². The number of anilines is 4. The Bertz CT molecular complexity index is 1650. The topological polar surface area (TPSA) is 152 Å². The zero-order valence-electron chi connectivity index (χ0n) is 21.8. The van der Waals surface area contributed by atoms with Crippen LogP contribution in [0.2, 0.25) is 0 Å². The minimum atomic E-state index is -0.464. The molecular formula is C27H26N8O5. The number of nitrogens with one attached hydrogen (secondary N) is 3. The third-order valence-corrected chi connectivity index (χ3v) is 6.97. The number of fused-ring (bicyclic) bond motifs is 2. The number of methoxy groups -OCH3 is 2. The van der Waals surface area contributed by atoms with Gasteiger partial charge in [-0.3, -0.25) is 19.7 Å². The fraction of sp³-hybridized carbons (Fsp3) is 0.259. The third-order valence-electron chi connectivity index (χ3n) is 6.97. The predicted molar refractivity (Wildman–Crippen MR) is 145 cm³/mol. The van der Waals surface area contributed by atoms with Crippen molar-refractivity contribution in [1.29, 1.82) is 0 Å². The molecule has 204 valence electrons. The Morgan fingerprint density at radius 3 is 2.75 bits per heavy atom. The molecule has 40 heavy (non-hydrogen) atoms. The molecule has 13 heteroatoms. The largest absolute Gasteiger partial charge is 0.491 e. The van der Waals surface area contributed by atoms with Gasteiger partial charge < -0.3 is 25.0 Å². The zero-order chi connectivity index (χ0) is 27.8. The molecule has 0 saturated carbocycles. The van der Waals surface area contributed by atoms with Gasteiger partial charge in [0.05, 0.1) is 37.0 Å². The first kappa shape index (κ1) is 25.1. The first-order valence-electron chi connectivity index (χ1n) is 12.7. The van der Waals surface area contributed by atoms with E-state index in [0.29, 0.717) is 58.8 Å². The van der Waals surface area contributed by atoms with Crippen molar-refractivity contribution in [3.63, 3.8) is 0 Å².